The van der Waals surface area contributed by atoms with Gasteiger partial charge in [-0.15, -0.1) is 11.3 Å². The Bertz CT molecular complexity index is 622. The molecule has 0 aliphatic heterocycles. The molecule has 1 heterocycles. The first-order chi connectivity index (χ1) is 10.1. The summed E-state index contributed by atoms with van der Waals surface area (Å²) in [5.41, 5.74) is 3.96. The molecule has 1 aromatic heterocycles. The summed E-state index contributed by atoms with van der Waals surface area (Å²) >= 11 is 1.44. The SMILES string of the molecule is CCCCNC(=O)c1csc(Nc2ccc(C)c(C)c2)n1. The first-order valence-electron chi connectivity index (χ1n) is 7.18. The van der Waals surface area contributed by atoms with Crippen LogP contribution in [0.5, 0.6) is 0 Å². The lowest BCUT2D eigenvalue weighted by Crippen LogP contribution is -2.24. The third-order valence-electron chi connectivity index (χ3n) is 3.31. The zero-order chi connectivity index (χ0) is 15.2. The van der Waals surface area contributed by atoms with Crippen LogP contribution in [0.2, 0.25) is 0 Å². The van der Waals surface area contributed by atoms with Crippen molar-refractivity contribution in [3.63, 3.8) is 0 Å². The van der Waals surface area contributed by atoms with Crippen LogP contribution >= 0.6 is 11.3 Å². The minimum absolute atomic E-state index is 0.104. The molecule has 0 unspecified atom stereocenters. The number of aryl methyl sites for hydroxylation is 2. The minimum Gasteiger partial charge on any atom is -0.351 e. The van der Waals surface area contributed by atoms with E-state index in [1.165, 1.54) is 22.5 Å². The smallest absolute Gasteiger partial charge is 0.270 e. The number of unbranched alkanes of at least 4 members (excludes halogenated alkanes) is 1. The molecule has 1 aromatic carbocycles. The topological polar surface area (TPSA) is 54.0 Å². The van der Waals surface area contributed by atoms with Gasteiger partial charge in [-0.1, -0.05) is 19.4 Å². The van der Waals surface area contributed by atoms with Crippen LogP contribution in [-0.4, -0.2) is 17.4 Å². The molecule has 0 radical (unpaired) electrons. The molecule has 2 rings (SSSR count). The molecule has 21 heavy (non-hydrogen) atoms. The molecule has 0 saturated carbocycles. The monoisotopic (exact) mass is 303 g/mol. The van der Waals surface area contributed by atoms with Gasteiger partial charge in [0.25, 0.3) is 5.91 Å². The Labute approximate surface area is 129 Å². The molecule has 0 atom stereocenters. The van der Waals surface area contributed by atoms with Gasteiger partial charge in [0.2, 0.25) is 0 Å². The Kier molecular flexibility index (Phi) is 5.33. The standard InChI is InChI=1S/C16H21N3OS/c1-4-5-8-17-15(20)14-10-21-16(19-14)18-13-7-6-11(2)12(3)9-13/h6-7,9-10H,4-5,8H2,1-3H3,(H,17,20)(H,18,19). The number of anilines is 2. The highest BCUT2D eigenvalue weighted by Gasteiger charge is 2.10. The van der Waals surface area contributed by atoms with Crippen molar-refractivity contribution in [2.24, 2.45) is 0 Å². The second kappa shape index (κ2) is 7.22. The molecular weight excluding hydrogens is 282 g/mol. The van der Waals surface area contributed by atoms with E-state index in [0.717, 1.165) is 23.7 Å². The van der Waals surface area contributed by atoms with Gasteiger partial charge in [-0.3, -0.25) is 4.79 Å². The summed E-state index contributed by atoms with van der Waals surface area (Å²) in [5.74, 6) is -0.104. The van der Waals surface area contributed by atoms with Gasteiger partial charge >= 0.3 is 0 Å². The molecule has 4 nitrogen and oxygen atoms in total. The first-order valence-corrected chi connectivity index (χ1v) is 8.06. The normalized spacial score (nSPS) is 10.4. The summed E-state index contributed by atoms with van der Waals surface area (Å²) in [6.45, 7) is 6.96. The molecule has 112 valence electrons. The molecule has 5 heteroatoms. The van der Waals surface area contributed by atoms with E-state index in [0.29, 0.717) is 12.2 Å². The molecule has 0 aliphatic rings. The number of rotatable bonds is 6. The summed E-state index contributed by atoms with van der Waals surface area (Å²) in [6.07, 6.45) is 2.06. The number of hydrogen-bond acceptors (Lipinski definition) is 4. The van der Waals surface area contributed by atoms with Gasteiger partial charge in [0.1, 0.15) is 5.69 Å². The number of nitrogens with one attached hydrogen (secondary N) is 2. The predicted octanol–water partition coefficient (Wildman–Crippen LogP) is 4.03. The van der Waals surface area contributed by atoms with Gasteiger partial charge in [0, 0.05) is 17.6 Å². The largest absolute Gasteiger partial charge is 0.351 e. The van der Waals surface area contributed by atoms with Crippen LogP contribution in [0.15, 0.2) is 23.6 Å². The van der Waals surface area contributed by atoms with Crippen molar-refractivity contribution in [1.82, 2.24) is 10.3 Å². The van der Waals surface area contributed by atoms with Crippen molar-refractivity contribution >= 4 is 28.1 Å². The second-order valence-corrected chi connectivity index (χ2v) is 5.93. The van der Waals surface area contributed by atoms with E-state index in [1.807, 2.05) is 6.07 Å². The first kappa shape index (κ1) is 15.5. The Morgan fingerprint density at radius 2 is 2.10 bits per heavy atom. The van der Waals surface area contributed by atoms with Crippen molar-refractivity contribution in [1.29, 1.82) is 0 Å². The zero-order valence-electron chi connectivity index (χ0n) is 12.7. The average Bonchev–Trinajstić information content (AvgIpc) is 2.92. The molecule has 0 spiro atoms. The molecule has 0 aliphatic carbocycles. The Hall–Kier alpha value is -1.88. The van der Waals surface area contributed by atoms with E-state index in [1.54, 1.807) is 5.38 Å². The Balaban J connectivity index is 1.99. The maximum Gasteiger partial charge on any atom is 0.270 e. The number of benzene rings is 1. The highest BCUT2D eigenvalue weighted by atomic mass is 32.1. The average molecular weight is 303 g/mol. The predicted molar refractivity (Wildman–Crippen MR) is 88.6 cm³/mol. The van der Waals surface area contributed by atoms with Gasteiger partial charge < -0.3 is 10.6 Å². The number of nitrogens with zero attached hydrogens (tertiary/aromatic N) is 1. The van der Waals surface area contributed by atoms with Crippen LogP contribution in [0.1, 0.15) is 41.4 Å². The van der Waals surface area contributed by atoms with Crippen molar-refractivity contribution in [3.05, 3.63) is 40.4 Å². The zero-order valence-corrected chi connectivity index (χ0v) is 13.5. The van der Waals surface area contributed by atoms with E-state index >= 15 is 0 Å². The molecule has 2 N–H and O–H groups in total. The summed E-state index contributed by atoms with van der Waals surface area (Å²) in [5, 5.41) is 8.63. The van der Waals surface area contributed by atoms with Crippen molar-refractivity contribution in [3.8, 4) is 0 Å². The van der Waals surface area contributed by atoms with Crippen LogP contribution in [0.25, 0.3) is 0 Å². The maximum absolute atomic E-state index is 11.9. The number of aromatic nitrogens is 1. The van der Waals surface area contributed by atoms with Gasteiger partial charge in [0.15, 0.2) is 5.13 Å². The fourth-order valence-corrected chi connectivity index (χ4v) is 2.56. The number of hydrogen-bond donors (Lipinski definition) is 2. The van der Waals surface area contributed by atoms with Crippen LogP contribution in [0.3, 0.4) is 0 Å². The molecule has 0 saturated heterocycles. The quantitative estimate of drug-likeness (QED) is 0.792. The number of thiazole rings is 1. The lowest BCUT2D eigenvalue weighted by Gasteiger charge is -2.05. The van der Waals surface area contributed by atoms with E-state index in [-0.39, 0.29) is 5.91 Å². The van der Waals surface area contributed by atoms with Crippen LogP contribution in [0.4, 0.5) is 10.8 Å². The van der Waals surface area contributed by atoms with Crippen LogP contribution in [0, 0.1) is 13.8 Å². The highest BCUT2D eigenvalue weighted by Crippen LogP contribution is 2.22. The van der Waals surface area contributed by atoms with E-state index in [9.17, 15) is 4.79 Å². The number of amides is 1. The van der Waals surface area contributed by atoms with Crippen LogP contribution in [-0.2, 0) is 0 Å². The van der Waals surface area contributed by atoms with E-state index in [4.69, 9.17) is 0 Å². The van der Waals surface area contributed by atoms with Crippen molar-refractivity contribution in [2.45, 2.75) is 33.6 Å². The third-order valence-corrected chi connectivity index (χ3v) is 4.07. The molecule has 1 amide bonds. The number of carbonyl (C=O) groups is 1. The lowest BCUT2D eigenvalue weighted by atomic mass is 10.1. The number of carbonyl (C=O) groups excluding carboxylic acids is 1. The molecular formula is C16H21N3OS. The fourth-order valence-electron chi connectivity index (χ4n) is 1.85. The minimum atomic E-state index is -0.104. The van der Waals surface area contributed by atoms with Crippen LogP contribution < -0.4 is 10.6 Å². The summed E-state index contributed by atoms with van der Waals surface area (Å²) in [4.78, 5) is 16.2. The Morgan fingerprint density at radius 3 is 2.81 bits per heavy atom. The van der Waals surface area contributed by atoms with Gasteiger partial charge in [0.05, 0.1) is 0 Å². The van der Waals surface area contributed by atoms with Gasteiger partial charge in [-0.25, -0.2) is 4.98 Å². The fraction of sp³-hybridized carbons (Fsp3) is 0.375. The van der Waals surface area contributed by atoms with E-state index < -0.39 is 0 Å². The second-order valence-electron chi connectivity index (χ2n) is 5.07. The van der Waals surface area contributed by atoms with Crippen molar-refractivity contribution < 1.29 is 4.79 Å². The molecule has 0 fully saturated rings. The lowest BCUT2D eigenvalue weighted by molar-refractivity contribution is 0.0949. The summed E-state index contributed by atoms with van der Waals surface area (Å²) in [6, 6.07) is 6.17. The third kappa shape index (κ3) is 4.29. The van der Waals surface area contributed by atoms with E-state index in [2.05, 4.69) is 48.5 Å². The van der Waals surface area contributed by atoms with Gasteiger partial charge in [-0.05, 0) is 43.5 Å². The summed E-state index contributed by atoms with van der Waals surface area (Å²) < 4.78 is 0. The summed E-state index contributed by atoms with van der Waals surface area (Å²) in [7, 11) is 0. The Morgan fingerprint density at radius 1 is 1.29 bits per heavy atom. The van der Waals surface area contributed by atoms with Crippen molar-refractivity contribution in [2.75, 3.05) is 11.9 Å². The van der Waals surface area contributed by atoms with Gasteiger partial charge in [-0.2, -0.15) is 0 Å². The maximum atomic E-state index is 11.9. The highest BCUT2D eigenvalue weighted by molar-refractivity contribution is 7.14. The molecule has 0 bridgehead atoms. The molecule has 2 aromatic rings.